The maximum Gasteiger partial charge on any atom is 0.137 e. The second kappa shape index (κ2) is 4.54. The van der Waals surface area contributed by atoms with E-state index in [0.29, 0.717) is 10.2 Å². The summed E-state index contributed by atoms with van der Waals surface area (Å²) in [6.07, 6.45) is 1.75. The van der Waals surface area contributed by atoms with Gasteiger partial charge in [-0.3, -0.25) is 0 Å². The van der Waals surface area contributed by atoms with E-state index in [1.54, 1.807) is 16.9 Å². The molecule has 90 valence electrons. The highest BCUT2D eigenvalue weighted by Gasteiger charge is 2.10. The van der Waals surface area contributed by atoms with Crippen LogP contribution < -0.4 is 5.73 Å². The summed E-state index contributed by atoms with van der Waals surface area (Å²) in [7, 11) is 0. The fraction of sp³-hybridized carbons (Fsp3) is 0.273. The molecule has 0 bridgehead atoms. The zero-order chi connectivity index (χ0) is 12.6. The van der Waals surface area contributed by atoms with Crippen molar-refractivity contribution in [2.45, 2.75) is 19.9 Å². The van der Waals surface area contributed by atoms with Crippen LogP contribution in [-0.2, 0) is 0 Å². The Morgan fingerprint density at radius 1 is 1.47 bits per heavy atom. The van der Waals surface area contributed by atoms with E-state index >= 15 is 0 Å². The van der Waals surface area contributed by atoms with E-state index in [0.717, 1.165) is 11.3 Å². The SMILES string of the molecule is Cc1cc(F)c(Br)cc1-n1cc(C(C)N)nn1. The van der Waals surface area contributed by atoms with E-state index < -0.39 is 0 Å². The minimum atomic E-state index is -0.293. The Hall–Kier alpha value is -1.27. The van der Waals surface area contributed by atoms with Crippen LogP contribution in [0.2, 0.25) is 0 Å². The highest BCUT2D eigenvalue weighted by atomic mass is 79.9. The number of rotatable bonds is 2. The third-order valence-electron chi connectivity index (χ3n) is 2.46. The molecule has 0 saturated carbocycles. The minimum absolute atomic E-state index is 0.173. The van der Waals surface area contributed by atoms with Crippen molar-refractivity contribution in [1.29, 1.82) is 0 Å². The van der Waals surface area contributed by atoms with Gasteiger partial charge in [-0.05, 0) is 47.5 Å². The fourth-order valence-corrected chi connectivity index (χ4v) is 1.82. The summed E-state index contributed by atoms with van der Waals surface area (Å²) in [5.74, 6) is -0.293. The Morgan fingerprint density at radius 2 is 2.18 bits per heavy atom. The van der Waals surface area contributed by atoms with Crippen molar-refractivity contribution in [2.75, 3.05) is 0 Å². The number of benzene rings is 1. The van der Waals surface area contributed by atoms with Gasteiger partial charge in [0.15, 0.2) is 0 Å². The molecule has 1 unspecified atom stereocenters. The van der Waals surface area contributed by atoms with Gasteiger partial charge in [0.1, 0.15) is 5.82 Å². The summed E-state index contributed by atoms with van der Waals surface area (Å²) >= 11 is 3.15. The smallest absolute Gasteiger partial charge is 0.137 e. The molecule has 0 spiro atoms. The van der Waals surface area contributed by atoms with Crippen LogP contribution in [0.15, 0.2) is 22.8 Å². The maximum absolute atomic E-state index is 13.3. The normalized spacial score (nSPS) is 12.8. The Balaban J connectivity index is 2.49. The van der Waals surface area contributed by atoms with Crippen LogP contribution >= 0.6 is 15.9 Å². The van der Waals surface area contributed by atoms with Crippen molar-refractivity contribution in [3.05, 3.63) is 39.9 Å². The van der Waals surface area contributed by atoms with Crippen LogP contribution in [0.4, 0.5) is 4.39 Å². The lowest BCUT2D eigenvalue weighted by Crippen LogP contribution is -2.05. The van der Waals surface area contributed by atoms with Gasteiger partial charge >= 0.3 is 0 Å². The molecule has 6 heteroatoms. The minimum Gasteiger partial charge on any atom is -0.323 e. The van der Waals surface area contributed by atoms with E-state index in [4.69, 9.17) is 5.73 Å². The molecule has 2 rings (SSSR count). The Bertz CT molecular complexity index is 550. The van der Waals surface area contributed by atoms with Crippen LogP contribution in [0.5, 0.6) is 0 Å². The maximum atomic E-state index is 13.3. The van der Waals surface area contributed by atoms with Gasteiger partial charge in [-0.25, -0.2) is 9.07 Å². The lowest BCUT2D eigenvalue weighted by molar-refractivity contribution is 0.618. The number of hydrogen-bond donors (Lipinski definition) is 1. The first-order valence-electron chi connectivity index (χ1n) is 5.13. The number of hydrogen-bond acceptors (Lipinski definition) is 3. The highest BCUT2D eigenvalue weighted by molar-refractivity contribution is 9.10. The second-order valence-electron chi connectivity index (χ2n) is 3.93. The van der Waals surface area contributed by atoms with Gasteiger partial charge in [0, 0.05) is 6.04 Å². The number of halogens is 2. The summed E-state index contributed by atoms with van der Waals surface area (Å²) < 4.78 is 15.3. The topological polar surface area (TPSA) is 56.7 Å². The first kappa shape index (κ1) is 12.2. The molecule has 0 saturated heterocycles. The molecular weight excluding hydrogens is 287 g/mol. The molecular formula is C11H12BrFN4. The lowest BCUT2D eigenvalue weighted by atomic mass is 10.2. The Kier molecular flexibility index (Phi) is 3.26. The van der Waals surface area contributed by atoms with Gasteiger partial charge in [0.25, 0.3) is 0 Å². The molecule has 0 radical (unpaired) electrons. The molecule has 1 heterocycles. The van der Waals surface area contributed by atoms with Crippen molar-refractivity contribution in [3.63, 3.8) is 0 Å². The highest BCUT2D eigenvalue weighted by Crippen LogP contribution is 2.23. The van der Waals surface area contributed by atoms with Crippen LogP contribution in [-0.4, -0.2) is 15.0 Å². The standard InChI is InChI=1S/C11H12BrFN4/c1-6-3-9(13)8(12)4-11(6)17-5-10(7(2)14)15-16-17/h3-5,7H,14H2,1-2H3. The summed E-state index contributed by atoms with van der Waals surface area (Å²) in [4.78, 5) is 0. The molecule has 0 fully saturated rings. The fourth-order valence-electron chi connectivity index (χ4n) is 1.49. The second-order valence-corrected chi connectivity index (χ2v) is 4.78. The molecule has 4 nitrogen and oxygen atoms in total. The zero-order valence-electron chi connectivity index (χ0n) is 9.48. The van der Waals surface area contributed by atoms with Gasteiger partial charge in [-0.1, -0.05) is 5.21 Å². The van der Waals surface area contributed by atoms with E-state index in [-0.39, 0.29) is 11.9 Å². The molecule has 0 aliphatic heterocycles. The molecule has 0 amide bonds. The first-order valence-corrected chi connectivity index (χ1v) is 5.92. The quantitative estimate of drug-likeness (QED) is 0.927. The van der Waals surface area contributed by atoms with Crippen molar-refractivity contribution < 1.29 is 4.39 Å². The molecule has 1 aromatic carbocycles. The van der Waals surface area contributed by atoms with Gasteiger partial charge < -0.3 is 5.73 Å². The molecule has 2 aromatic rings. The molecule has 1 atom stereocenters. The molecule has 1 aromatic heterocycles. The lowest BCUT2D eigenvalue weighted by Gasteiger charge is -2.06. The van der Waals surface area contributed by atoms with E-state index in [2.05, 4.69) is 26.2 Å². The first-order chi connectivity index (χ1) is 7.99. The monoisotopic (exact) mass is 298 g/mol. The Morgan fingerprint density at radius 3 is 2.76 bits per heavy atom. The third-order valence-corrected chi connectivity index (χ3v) is 3.07. The van der Waals surface area contributed by atoms with Crippen molar-refractivity contribution in [1.82, 2.24) is 15.0 Å². The van der Waals surface area contributed by atoms with Gasteiger partial charge in [-0.2, -0.15) is 0 Å². The van der Waals surface area contributed by atoms with Crippen LogP contribution in [0.3, 0.4) is 0 Å². The number of aromatic nitrogens is 3. The summed E-state index contributed by atoms with van der Waals surface area (Å²) in [6.45, 7) is 3.65. The van der Waals surface area contributed by atoms with Crippen LogP contribution in [0.25, 0.3) is 5.69 Å². The average Bonchev–Trinajstić information content (AvgIpc) is 2.72. The average molecular weight is 299 g/mol. The van der Waals surface area contributed by atoms with Crippen LogP contribution in [0, 0.1) is 12.7 Å². The molecule has 0 aliphatic carbocycles. The predicted octanol–water partition coefficient (Wildman–Crippen LogP) is 2.50. The van der Waals surface area contributed by atoms with E-state index in [1.165, 1.54) is 6.07 Å². The summed E-state index contributed by atoms with van der Waals surface area (Å²) in [5, 5.41) is 7.95. The number of aryl methyl sites for hydroxylation is 1. The summed E-state index contributed by atoms with van der Waals surface area (Å²) in [6, 6.07) is 2.95. The van der Waals surface area contributed by atoms with Crippen molar-refractivity contribution in [2.24, 2.45) is 5.73 Å². The largest absolute Gasteiger partial charge is 0.323 e. The number of nitrogens with two attached hydrogens (primary N) is 1. The van der Waals surface area contributed by atoms with Gasteiger partial charge in [0.2, 0.25) is 0 Å². The zero-order valence-corrected chi connectivity index (χ0v) is 11.1. The van der Waals surface area contributed by atoms with Gasteiger partial charge in [0.05, 0.1) is 22.1 Å². The number of nitrogens with zero attached hydrogens (tertiary/aromatic N) is 3. The summed E-state index contributed by atoms with van der Waals surface area (Å²) in [5.41, 5.74) is 7.97. The van der Waals surface area contributed by atoms with E-state index in [9.17, 15) is 4.39 Å². The van der Waals surface area contributed by atoms with Crippen molar-refractivity contribution >= 4 is 15.9 Å². The third kappa shape index (κ3) is 2.37. The molecule has 0 aliphatic rings. The predicted molar refractivity (Wildman–Crippen MR) is 66.4 cm³/mol. The van der Waals surface area contributed by atoms with Crippen molar-refractivity contribution in [3.8, 4) is 5.69 Å². The molecule has 17 heavy (non-hydrogen) atoms. The van der Waals surface area contributed by atoms with Crippen LogP contribution in [0.1, 0.15) is 24.2 Å². The van der Waals surface area contributed by atoms with E-state index in [1.807, 2.05) is 13.8 Å². The Labute approximate surface area is 107 Å². The van der Waals surface area contributed by atoms with Gasteiger partial charge in [-0.15, -0.1) is 5.10 Å². The molecule has 2 N–H and O–H groups in total.